The summed E-state index contributed by atoms with van der Waals surface area (Å²) in [6.45, 7) is 1.06. The van der Waals surface area contributed by atoms with Gasteiger partial charge in [0.15, 0.2) is 0 Å². The van der Waals surface area contributed by atoms with Crippen LogP contribution in [0.15, 0.2) is 54.7 Å². The molecule has 138 valence electrons. The number of ketones is 1. The molecule has 0 aliphatic carbocycles. The molecule has 1 unspecified atom stereocenters. The molecule has 1 N–H and O–H groups in total. The number of aromatic amines is 1. The second-order valence-corrected chi connectivity index (χ2v) is 7.07. The van der Waals surface area contributed by atoms with E-state index in [4.69, 9.17) is 0 Å². The van der Waals surface area contributed by atoms with Crippen molar-refractivity contribution in [1.82, 2.24) is 9.88 Å². The van der Waals surface area contributed by atoms with Gasteiger partial charge in [-0.05, 0) is 36.6 Å². The number of aromatic nitrogens is 1. The molecule has 0 spiro atoms. The standard InChI is InChI=1S/C22H21FN2O2/c23-17-10-8-15(9-11-17)16-5-3-4-12-25(14-16)22(27)21(26)19-13-24-20-7-2-1-6-18(19)20/h1-2,6-11,13,16,24H,3-5,12,14H2. The zero-order valence-electron chi connectivity index (χ0n) is 15.0. The molecular weight excluding hydrogens is 343 g/mol. The van der Waals surface area contributed by atoms with E-state index in [1.54, 1.807) is 23.2 Å². The highest BCUT2D eigenvalue weighted by Crippen LogP contribution is 2.27. The summed E-state index contributed by atoms with van der Waals surface area (Å²) < 4.78 is 13.2. The first-order valence-electron chi connectivity index (χ1n) is 9.28. The maximum Gasteiger partial charge on any atom is 0.295 e. The van der Waals surface area contributed by atoms with Gasteiger partial charge in [0.05, 0.1) is 5.56 Å². The van der Waals surface area contributed by atoms with Crippen molar-refractivity contribution >= 4 is 22.6 Å². The molecule has 1 aliphatic rings. The molecule has 1 aromatic heterocycles. The Hall–Kier alpha value is -2.95. The minimum absolute atomic E-state index is 0.118. The molecule has 1 amide bonds. The molecule has 1 aliphatic heterocycles. The minimum Gasteiger partial charge on any atom is -0.360 e. The number of carbonyl (C=O) groups excluding carboxylic acids is 2. The van der Waals surface area contributed by atoms with Crippen molar-refractivity contribution in [2.45, 2.75) is 25.2 Å². The third-order valence-electron chi connectivity index (χ3n) is 5.33. The van der Waals surface area contributed by atoms with Crippen LogP contribution in [-0.4, -0.2) is 34.7 Å². The number of fused-ring (bicyclic) bond motifs is 1. The van der Waals surface area contributed by atoms with E-state index in [1.165, 1.54) is 12.1 Å². The summed E-state index contributed by atoms with van der Waals surface area (Å²) in [4.78, 5) is 30.5. The first kappa shape index (κ1) is 17.5. The summed E-state index contributed by atoms with van der Waals surface area (Å²) >= 11 is 0. The van der Waals surface area contributed by atoms with Crippen molar-refractivity contribution in [3.63, 3.8) is 0 Å². The minimum atomic E-state index is -0.479. The lowest BCUT2D eigenvalue weighted by Gasteiger charge is -2.24. The molecule has 4 nitrogen and oxygen atoms in total. The Labute approximate surface area is 157 Å². The van der Waals surface area contributed by atoms with Crippen LogP contribution in [0.25, 0.3) is 10.9 Å². The lowest BCUT2D eigenvalue weighted by Crippen LogP contribution is -2.38. The number of hydrogen-bond acceptors (Lipinski definition) is 2. The predicted octanol–water partition coefficient (Wildman–Crippen LogP) is 4.29. The fourth-order valence-corrected chi connectivity index (χ4v) is 3.85. The number of benzene rings is 2. The molecule has 0 radical (unpaired) electrons. The van der Waals surface area contributed by atoms with Crippen LogP contribution in [-0.2, 0) is 4.79 Å². The van der Waals surface area contributed by atoms with Crippen molar-refractivity contribution in [2.75, 3.05) is 13.1 Å². The molecule has 2 aromatic carbocycles. The molecular formula is C22H21FN2O2. The van der Waals surface area contributed by atoms with Gasteiger partial charge in [-0.2, -0.15) is 0 Å². The first-order chi connectivity index (χ1) is 13.1. The van der Waals surface area contributed by atoms with E-state index in [2.05, 4.69) is 4.98 Å². The highest BCUT2D eigenvalue weighted by atomic mass is 19.1. The maximum absolute atomic E-state index is 13.2. The van der Waals surface area contributed by atoms with Gasteiger partial charge in [0.2, 0.25) is 0 Å². The van der Waals surface area contributed by atoms with E-state index in [1.807, 2.05) is 24.3 Å². The van der Waals surface area contributed by atoms with Crippen LogP contribution in [0.2, 0.25) is 0 Å². The summed E-state index contributed by atoms with van der Waals surface area (Å²) in [6.07, 6.45) is 4.38. The number of H-pyrrole nitrogens is 1. The molecule has 3 aromatic rings. The van der Waals surface area contributed by atoms with E-state index in [9.17, 15) is 14.0 Å². The smallest absolute Gasteiger partial charge is 0.295 e. The van der Waals surface area contributed by atoms with Gasteiger partial charge in [-0.3, -0.25) is 9.59 Å². The van der Waals surface area contributed by atoms with Crippen LogP contribution in [0.1, 0.15) is 41.1 Å². The number of para-hydroxylation sites is 1. The molecule has 1 saturated heterocycles. The Morgan fingerprint density at radius 3 is 2.63 bits per heavy atom. The SMILES string of the molecule is O=C(C(=O)N1CCCCC(c2ccc(F)cc2)C1)c1c[nH]c2ccccc12. The summed E-state index contributed by atoms with van der Waals surface area (Å²) in [7, 11) is 0. The van der Waals surface area contributed by atoms with Crippen LogP contribution in [0, 0.1) is 5.82 Å². The van der Waals surface area contributed by atoms with Crippen molar-refractivity contribution in [3.8, 4) is 0 Å². The van der Waals surface area contributed by atoms with Crippen molar-refractivity contribution in [1.29, 1.82) is 0 Å². The van der Waals surface area contributed by atoms with Gasteiger partial charge < -0.3 is 9.88 Å². The van der Waals surface area contributed by atoms with E-state index >= 15 is 0 Å². The fraction of sp³-hybridized carbons (Fsp3) is 0.273. The molecule has 5 heteroatoms. The number of Topliss-reactive ketones (excluding diaryl/α,β-unsaturated/α-hetero) is 1. The van der Waals surface area contributed by atoms with Gasteiger partial charge in [-0.15, -0.1) is 0 Å². The Balaban J connectivity index is 1.56. The Bertz CT molecular complexity index is 977. The molecule has 27 heavy (non-hydrogen) atoms. The third-order valence-corrected chi connectivity index (χ3v) is 5.33. The highest BCUT2D eigenvalue weighted by molar-refractivity contribution is 6.44. The number of halogens is 1. The summed E-state index contributed by atoms with van der Waals surface area (Å²) in [5, 5.41) is 0.765. The highest BCUT2D eigenvalue weighted by Gasteiger charge is 2.29. The third kappa shape index (κ3) is 3.50. The molecule has 0 saturated carbocycles. The van der Waals surface area contributed by atoms with E-state index < -0.39 is 11.7 Å². The van der Waals surface area contributed by atoms with Crippen LogP contribution in [0.5, 0.6) is 0 Å². The van der Waals surface area contributed by atoms with E-state index in [-0.39, 0.29) is 11.7 Å². The predicted molar refractivity (Wildman–Crippen MR) is 102 cm³/mol. The average molecular weight is 364 g/mol. The zero-order valence-corrected chi connectivity index (χ0v) is 15.0. The topological polar surface area (TPSA) is 53.2 Å². The number of carbonyl (C=O) groups is 2. The van der Waals surface area contributed by atoms with Gasteiger partial charge in [0, 0.05) is 36.1 Å². The van der Waals surface area contributed by atoms with Gasteiger partial charge in [0.25, 0.3) is 11.7 Å². The van der Waals surface area contributed by atoms with Crippen molar-refractivity contribution in [3.05, 3.63) is 71.7 Å². The number of hydrogen-bond donors (Lipinski definition) is 1. The average Bonchev–Trinajstić information content (AvgIpc) is 2.97. The van der Waals surface area contributed by atoms with Gasteiger partial charge in [-0.25, -0.2) is 4.39 Å². The van der Waals surface area contributed by atoms with Crippen molar-refractivity contribution < 1.29 is 14.0 Å². The second kappa shape index (κ2) is 7.35. The second-order valence-electron chi connectivity index (χ2n) is 7.07. The van der Waals surface area contributed by atoms with Crippen LogP contribution in [0.3, 0.4) is 0 Å². The van der Waals surface area contributed by atoms with Crippen LogP contribution < -0.4 is 0 Å². The van der Waals surface area contributed by atoms with Crippen LogP contribution >= 0.6 is 0 Å². The number of nitrogens with one attached hydrogen (secondary N) is 1. The molecule has 0 bridgehead atoms. The lowest BCUT2D eigenvalue weighted by atomic mass is 9.94. The number of likely N-dealkylation sites (tertiary alicyclic amines) is 1. The first-order valence-corrected chi connectivity index (χ1v) is 9.28. The Kier molecular flexibility index (Phi) is 4.75. The Morgan fingerprint density at radius 2 is 1.81 bits per heavy atom. The molecule has 4 rings (SSSR count). The van der Waals surface area contributed by atoms with Gasteiger partial charge in [0.1, 0.15) is 5.82 Å². The quantitative estimate of drug-likeness (QED) is 0.557. The summed E-state index contributed by atoms with van der Waals surface area (Å²) in [5.41, 5.74) is 2.27. The normalized spacial score (nSPS) is 17.7. The van der Waals surface area contributed by atoms with Gasteiger partial charge in [-0.1, -0.05) is 36.8 Å². The number of nitrogens with zero attached hydrogens (tertiary/aromatic N) is 1. The lowest BCUT2D eigenvalue weighted by molar-refractivity contribution is -0.126. The summed E-state index contributed by atoms with van der Waals surface area (Å²) in [6, 6.07) is 13.9. The zero-order chi connectivity index (χ0) is 18.8. The molecule has 2 heterocycles. The number of amides is 1. The Morgan fingerprint density at radius 1 is 1.04 bits per heavy atom. The van der Waals surface area contributed by atoms with E-state index in [0.29, 0.717) is 18.7 Å². The maximum atomic E-state index is 13.2. The summed E-state index contributed by atoms with van der Waals surface area (Å²) in [5.74, 6) is -1.09. The molecule has 1 atom stereocenters. The van der Waals surface area contributed by atoms with E-state index in [0.717, 1.165) is 35.7 Å². The molecule has 1 fully saturated rings. The monoisotopic (exact) mass is 364 g/mol. The fourth-order valence-electron chi connectivity index (χ4n) is 3.85. The van der Waals surface area contributed by atoms with Gasteiger partial charge >= 0.3 is 0 Å². The largest absolute Gasteiger partial charge is 0.360 e. The van der Waals surface area contributed by atoms with Crippen molar-refractivity contribution in [2.24, 2.45) is 0 Å². The number of rotatable bonds is 3. The van der Waals surface area contributed by atoms with Crippen LogP contribution in [0.4, 0.5) is 4.39 Å².